The molecule has 2 aromatic heterocycles. The molecule has 2 aliphatic rings. The number of aromatic nitrogens is 3. The van der Waals surface area contributed by atoms with Crippen LogP contribution in [0.5, 0.6) is 0 Å². The van der Waals surface area contributed by atoms with E-state index in [-0.39, 0.29) is 5.91 Å². The molecule has 1 aliphatic carbocycles. The van der Waals surface area contributed by atoms with Gasteiger partial charge in [0, 0.05) is 30.2 Å². The molecule has 120 valence electrons. The SMILES string of the molecule is Cn1ncc2c1CN(C(=O)c1c3c(nc4ccccc14)CCC3)C2. The zero-order valence-corrected chi connectivity index (χ0v) is 13.6. The predicted molar refractivity (Wildman–Crippen MR) is 90.6 cm³/mol. The van der Waals surface area contributed by atoms with Crippen LogP contribution in [0, 0.1) is 0 Å². The lowest BCUT2D eigenvalue weighted by Crippen LogP contribution is -2.27. The summed E-state index contributed by atoms with van der Waals surface area (Å²) in [6, 6.07) is 8.01. The fraction of sp³-hybridized carbons (Fsp3) is 0.316. The molecule has 3 aromatic rings. The monoisotopic (exact) mass is 318 g/mol. The minimum atomic E-state index is 0.128. The summed E-state index contributed by atoms with van der Waals surface area (Å²) in [4.78, 5) is 20.1. The number of carbonyl (C=O) groups excluding carboxylic acids is 1. The lowest BCUT2D eigenvalue weighted by atomic mass is 10.00. The third-order valence-electron chi connectivity index (χ3n) is 5.27. The zero-order chi connectivity index (χ0) is 16.3. The van der Waals surface area contributed by atoms with E-state index in [1.807, 2.05) is 47.1 Å². The summed E-state index contributed by atoms with van der Waals surface area (Å²) < 4.78 is 1.87. The molecule has 0 saturated carbocycles. The van der Waals surface area contributed by atoms with Crippen LogP contribution in [-0.2, 0) is 33.0 Å². The normalized spacial score (nSPS) is 15.8. The van der Waals surface area contributed by atoms with Crippen LogP contribution in [0.3, 0.4) is 0 Å². The minimum absolute atomic E-state index is 0.128. The van der Waals surface area contributed by atoms with Crippen molar-refractivity contribution in [2.24, 2.45) is 7.05 Å². The van der Waals surface area contributed by atoms with Crippen molar-refractivity contribution in [3.05, 3.63) is 58.5 Å². The van der Waals surface area contributed by atoms with Gasteiger partial charge in [0.1, 0.15) is 0 Å². The number of aryl methyl sites for hydroxylation is 2. The smallest absolute Gasteiger partial charge is 0.255 e. The molecule has 5 heteroatoms. The van der Waals surface area contributed by atoms with Gasteiger partial charge in [0.25, 0.3) is 5.91 Å². The van der Waals surface area contributed by atoms with Crippen molar-refractivity contribution >= 4 is 16.8 Å². The van der Waals surface area contributed by atoms with Crippen LogP contribution in [0.25, 0.3) is 10.9 Å². The average molecular weight is 318 g/mol. The number of fused-ring (bicyclic) bond motifs is 3. The molecule has 0 saturated heterocycles. The molecule has 0 N–H and O–H groups in total. The lowest BCUT2D eigenvalue weighted by molar-refractivity contribution is 0.0749. The number of nitrogens with zero attached hydrogens (tertiary/aromatic N) is 4. The maximum atomic E-state index is 13.4. The Balaban J connectivity index is 1.63. The molecule has 5 rings (SSSR count). The maximum Gasteiger partial charge on any atom is 0.255 e. The summed E-state index contributed by atoms with van der Waals surface area (Å²) >= 11 is 0. The van der Waals surface area contributed by atoms with E-state index in [0.717, 1.165) is 58.2 Å². The molecule has 1 aliphatic heterocycles. The molecule has 0 fully saturated rings. The Bertz CT molecular complexity index is 988. The second-order valence-electron chi connectivity index (χ2n) is 6.68. The topological polar surface area (TPSA) is 51.0 Å². The van der Waals surface area contributed by atoms with E-state index < -0.39 is 0 Å². The summed E-state index contributed by atoms with van der Waals surface area (Å²) in [6.07, 6.45) is 4.89. The number of hydrogen-bond donors (Lipinski definition) is 0. The number of para-hydroxylation sites is 1. The molecule has 5 nitrogen and oxygen atoms in total. The molecule has 0 bridgehead atoms. The molecule has 0 atom stereocenters. The van der Waals surface area contributed by atoms with Gasteiger partial charge in [-0.15, -0.1) is 0 Å². The summed E-state index contributed by atoms with van der Waals surface area (Å²) in [5, 5.41) is 5.26. The van der Waals surface area contributed by atoms with Gasteiger partial charge in [-0.25, -0.2) is 0 Å². The van der Waals surface area contributed by atoms with E-state index in [2.05, 4.69) is 5.10 Å². The second-order valence-corrected chi connectivity index (χ2v) is 6.68. The number of carbonyl (C=O) groups is 1. The molecular weight excluding hydrogens is 300 g/mol. The van der Waals surface area contributed by atoms with Crippen LogP contribution in [-0.4, -0.2) is 25.6 Å². The largest absolute Gasteiger partial charge is 0.328 e. The molecule has 0 radical (unpaired) electrons. The van der Waals surface area contributed by atoms with Crippen molar-refractivity contribution in [1.82, 2.24) is 19.7 Å². The molecule has 0 spiro atoms. The van der Waals surface area contributed by atoms with Crippen molar-refractivity contribution < 1.29 is 4.79 Å². The summed E-state index contributed by atoms with van der Waals surface area (Å²) in [7, 11) is 1.94. The number of rotatable bonds is 1. The maximum absolute atomic E-state index is 13.4. The van der Waals surface area contributed by atoms with Crippen LogP contribution >= 0.6 is 0 Å². The Morgan fingerprint density at radius 3 is 2.92 bits per heavy atom. The Hall–Kier alpha value is -2.69. The quantitative estimate of drug-likeness (QED) is 0.693. The van der Waals surface area contributed by atoms with Crippen LogP contribution in [0.2, 0.25) is 0 Å². The molecule has 1 amide bonds. The van der Waals surface area contributed by atoms with Gasteiger partial charge in [0.15, 0.2) is 0 Å². The zero-order valence-electron chi connectivity index (χ0n) is 13.6. The Morgan fingerprint density at radius 2 is 2.04 bits per heavy atom. The van der Waals surface area contributed by atoms with Gasteiger partial charge in [-0.3, -0.25) is 14.5 Å². The Morgan fingerprint density at radius 1 is 1.17 bits per heavy atom. The van der Waals surface area contributed by atoms with E-state index in [9.17, 15) is 4.79 Å². The standard InChI is InChI=1S/C19H18N4O/c1-22-17-11-23(10-12(17)9-20-22)19(24)18-13-5-2-3-7-15(13)21-16-8-4-6-14(16)18/h2-3,5,7,9H,4,6,8,10-11H2,1H3. The first-order chi connectivity index (χ1) is 11.7. The first-order valence-corrected chi connectivity index (χ1v) is 8.42. The second kappa shape index (κ2) is 4.90. The average Bonchev–Trinajstić information content (AvgIpc) is 3.29. The molecular formula is C19H18N4O. The van der Waals surface area contributed by atoms with E-state index >= 15 is 0 Å². The van der Waals surface area contributed by atoms with Gasteiger partial charge in [-0.05, 0) is 30.9 Å². The molecule has 3 heterocycles. The van der Waals surface area contributed by atoms with Gasteiger partial charge >= 0.3 is 0 Å². The number of pyridine rings is 1. The first-order valence-electron chi connectivity index (χ1n) is 8.42. The van der Waals surface area contributed by atoms with Gasteiger partial charge < -0.3 is 4.90 Å². The van der Waals surface area contributed by atoms with Crippen molar-refractivity contribution in [2.75, 3.05) is 0 Å². The third kappa shape index (κ3) is 1.84. The van der Waals surface area contributed by atoms with Crippen LogP contribution in [0.15, 0.2) is 30.5 Å². The Kier molecular flexibility index (Phi) is 2.80. The highest BCUT2D eigenvalue weighted by Gasteiger charge is 2.31. The fourth-order valence-corrected chi connectivity index (χ4v) is 4.04. The number of benzene rings is 1. The van der Waals surface area contributed by atoms with Crippen LogP contribution < -0.4 is 0 Å². The Labute approximate surface area is 139 Å². The van der Waals surface area contributed by atoms with E-state index in [4.69, 9.17) is 4.98 Å². The molecule has 1 aromatic carbocycles. The van der Waals surface area contributed by atoms with Crippen molar-refractivity contribution in [3.63, 3.8) is 0 Å². The molecule has 0 unspecified atom stereocenters. The van der Waals surface area contributed by atoms with Gasteiger partial charge in [-0.1, -0.05) is 18.2 Å². The lowest BCUT2D eigenvalue weighted by Gasteiger charge is -2.19. The number of amides is 1. The summed E-state index contributed by atoms with van der Waals surface area (Å²) in [5.41, 5.74) is 6.36. The highest BCUT2D eigenvalue weighted by atomic mass is 16.2. The van der Waals surface area contributed by atoms with Crippen molar-refractivity contribution in [1.29, 1.82) is 0 Å². The number of hydrogen-bond acceptors (Lipinski definition) is 3. The first kappa shape index (κ1) is 13.7. The van der Waals surface area contributed by atoms with Gasteiger partial charge in [0.2, 0.25) is 0 Å². The minimum Gasteiger partial charge on any atom is -0.328 e. The summed E-state index contributed by atoms with van der Waals surface area (Å²) in [5.74, 6) is 0.128. The molecule has 24 heavy (non-hydrogen) atoms. The fourth-order valence-electron chi connectivity index (χ4n) is 4.04. The van der Waals surface area contributed by atoms with E-state index in [0.29, 0.717) is 13.1 Å². The van der Waals surface area contributed by atoms with E-state index in [1.54, 1.807) is 0 Å². The van der Waals surface area contributed by atoms with Gasteiger partial charge in [-0.2, -0.15) is 5.10 Å². The predicted octanol–water partition coefficient (Wildman–Crippen LogP) is 2.61. The highest BCUT2D eigenvalue weighted by Crippen LogP contribution is 2.33. The summed E-state index contributed by atoms with van der Waals surface area (Å²) in [6.45, 7) is 1.28. The van der Waals surface area contributed by atoms with Crippen LogP contribution in [0.1, 0.15) is 39.3 Å². The van der Waals surface area contributed by atoms with Crippen molar-refractivity contribution in [2.45, 2.75) is 32.4 Å². The van der Waals surface area contributed by atoms with Gasteiger partial charge in [0.05, 0.1) is 29.5 Å². The third-order valence-corrected chi connectivity index (χ3v) is 5.27. The van der Waals surface area contributed by atoms with Crippen molar-refractivity contribution in [3.8, 4) is 0 Å². The highest BCUT2D eigenvalue weighted by molar-refractivity contribution is 6.08. The van der Waals surface area contributed by atoms with E-state index in [1.165, 1.54) is 0 Å². The van der Waals surface area contributed by atoms with Crippen LogP contribution in [0.4, 0.5) is 0 Å².